The van der Waals surface area contributed by atoms with E-state index in [1.807, 2.05) is 13.8 Å². The molecular weight excluding hydrogens is 460 g/mol. The maximum Gasteiger partial charge on any atom is 0.0701 e. The van der Waals surface area contributed by atoms with E-state index >= 15 is 0 Å². The van der Waals surface area contributed by atoms with Gasteiger partial charge in [-0.1, -0.05) is 0 Å². The largest absolute Gasteiger partial charge is 0.379 e. The lowest BCUT2D eigenvalue weighted by atomic mass is 10.5. The average Bonchev–Trinajstić information content (AvgIpc) is 2.87. The van der Waals surface area contributed by atoms with Crippen LogP contribution in [0.3, 0.4) is 0 Å². The molecule has 35 heavy (non-hydrogen) atoms. The molecule has 0 bridgehead atoms. The van der Waals surface area contributed by atoms with E-state index < -0.39 is 0 Å². The fourth-order valence-electron chi connectivity index (χ4n) is 2.60. The molecule has 0 spiro atoms. The van der Waals surface area contributed by atoms with Gasteiger partial charge in [-0.15, -0.1) is 0 Å². The van der Waals surface area contributed by atoms with Crippen LogP contribution in [0, 0.1) is 0 Å². The van der Waals surface area contributed by atoms with Gasteiger partial charge < -0.3 is 47.4 Å². The molecule has 10 nitrogen and oxygen atoms in total. The molecule has 0 heterocycles. The smallest absolute Gasteiger partial charge is 0.0701 e. The molecule has 0 aliphatic rings. The first kappa shape index (κ1) is 34.6. The second-order valence-electron chi connectivity index (χ2n) is 7.35. The van der Waals surface area contributed by atoms with Crippen LogP contribution in [0.4, 0.5) is 0 Å². The van der Waals surface area contributed by atoms with Gasteiger partial charge in [0.1, 0.15) is 0 Å². The summed E-state index contributed by atoms with van der Waals surface area (Å²) in [5.74, 6) is 0. The quantitative estimate of drug-likeness (QED) is 0.125. The zero-order valence-electron chi connectivity index (χ0n) is 22.3. The summed E-state index contributed by atoms with van der Waals surface area (Å²) >= 11 is 0. The van der Waals surface area contributed by atoms with Crippen LogP contribution in [0.1, 0.15) is 33.1 Å². The zero-order chi connectivity index (χ0) is 25.3. The predicted octanol–water partition coefficient (Wildman–Crippen LogP) is 2.36. The summed E-state index contributed by atoms with van der Waals surface area (Å²) in [5.41, 5.74) is 0. The fraction of sp³-hybridized carbons (Fsp3) is 1.00. The van der Waals surface area contributed by atoms with Crippen molar-refractivity contribution in [3.63, 3.8) is 0 Å². The van der Waals surface area contributed by atoms with E-state index in [2.05, 4.69) is 0 Å². The Bertz CT molecular complexity index is 331. The minimum atomic E-state index is 0.571. The summed E-state index contributed by atoms with van der Waals surface area (Å²) in [6.45, 7) is 16.7. The van der Waals surface area contributed by atoms with Crippen molar-refractivity contribution >= 4 is 0 Å². The van der Waals surface area contributed by atoms with Gasteiger partial charge in [-0.2, -0.15) is 0 Å². The van der Waals surface area contributed by atoms with Crippen LogP contribution in [0.25, 0.3) is 0 Å². The Kier molecular flexibility index (Phi) is 33.2. The van der Waals surface area contributed by atoms with E-state index in [9.17, 15) is 0 Å². The highest BCUT2D eigenvalue weighted by Crippen LogP contribution is 1.90. The lowest BCUT2D eigenvalue weighted by Gasteiger charge is -2.08. The SMILES string of the molecule is CCOCCOCCCOCCOCCOCCCOCCOCCOCCCOCCOCC. The average molecular weight is 513 g/mol. The summed E-state index contributed by atoms with van der Waals surface area (Å²) in [6, 6.07) is 0. The minimum Gasteiger partial charge on any atom is -0.379 e. The van der Waals surface area contributed by atoms with Gasteiger partial charge >= 0.3 is 0 Å². The minimum absolute atomic E-state index is 0.571. The molecule has 0 atom stereocenters. The molecular formula is C25H52O10. The molecule has 0 fully saturated rings. The Balaban J connectivity index is 3.00. The third-order valence-electron chi connectivity index (χ3n) is 4.37. The first-order valence-electron chi connectivity index (χ1n) is 13.2. The van der Waals surface area contributed by atoms with Gasteiger partial charge in [-0.25, -0.2) is 0 Å². The number of ether oxygens (including phenoxy) is 10. The van der Waals surface area contributed by atoms with Crippen molar-refractivity contribution in [1.29, 1.82) is 0 Å². The molecule has 0 aliphatic heterocycles. The molecule has 0 aromatic heterocycles. The van der Waals surface area contributed by atoms with Gasteiger partial charge in [-0.3, -0.25) is 0 Å². The van der Waals surface area contributed by atoms with E-state index in [1.165, 1.54) is 0 Å². The molecule has 0 saturated carbocycles. The Morgan fingerprint density at radius 1 is 0.229 bits per heavy atom. The van der Waals surface area contributed by atoms with Crippen LogP contribution >= 0.6 is 0 Å². The van der Waals surface area contributed by atoms with Gasteiger partial charge in [0.05, 0.1) is 79.3 Å². The fourth-order valence-corrected chi connectivity index (χ4v) is 2.60. The van der Waals surface area contributed by atoms with E-state index in [0.29, 0.717) is 119 Å². The molecule has 0 aliphatic carbocycles. The lowest BCUT2D eigenvalue weighted by Crippen LogP contribution is -2.13. The summed E-state index contributed by atoms with van der Waals surface area (Å²) in [5, 5.41) is 0. The topological polar surface area (TPSA) is 92.3 Å². The van der Waals surface area contributed by atoms with Crippen molar-refractivity contribution < 1.29 is 47.4 Å². The predicted molar refractivity (Wildman–Crippen MR) is 133 cm³/mol. The summed E-state index contributed by atoms with van der Waals surface area (Å²) in [6.07, 6.45) is 2.61. The summed E-state index contributed by atoms with van der Waals surface area (Å²) in [4.78, 5) is 0. The standard InChI is InChI=1S/C25H52O10/c1-3-26-14-16-28-8-5-10-30-18-22-34-24-20-32-12-7-13-33-21-25-35-23-19-31-11-6-9-29-17-15-27-4-2/h3-25H2,1-2H3. The van der Waals surface area contributed by atoms with Crippen LogP contribution in [0.15, 0.2) is 0 Å². The van der Waals surface area contributed by atoms with E-state index in [0.717, 1.165) is 32.5 Å². The third-order valence-corrected chi connectivity index (χ3v) is 4.37. The molecule has 0 aromatic rings. The van der Waals surface area contributed by atoms with Gasteiger partial charge in [0.25, 0.3) is 0 Å². The first-order chi connectivity index (χ1) is 17.4. The van der Waals surface area contributed by atoms with Crippen LogP contribution in [-0.4, -0.2) is 132 Å². The summed E-state index contributed by atoms with van der Waals surface area (Å²) < 4.78 is 54.2. The molecule has 0 rings (SSSR count). The maximum atomic E-state index is 5.52. The molecule has 0 amide bonds. The molecule has 212 valence electrons. The van der Waals surface area contributed by atoms with Crippen LogP contribution < -0.4 is 0 Å². The molecule has 0 unspecified atom stereocenters. The molecule has 0 saturated heterocycles. The number of hydrogen-bond acceptors (Lipinski definition) is 10. The van der Waals surface area contributed by atoms with Gasteiger partial charge in [-0.05, 0) is 33.1 Å². The van der Waals surface area contributed by atoms with Crippen molar-refractivity contribution in [2.24, 2.45) is 0 Å². The number of hydrogen-bond donors (Lipinski definition) is 0. The van der Waals surface area contributed by atoms with E-state index in [4.69, 9.17) is 47.4 Å². The number of rotatable bonds is 32. The van der Waals surface area contributed by atoms with Crippen LogP contribution in [0.2, 0.25) is 0 Å². The highest BCUT2D eigenvalue weighted by molar-refractivity contribution is 4.40. The van der Waals surface area contributed by atoms with Gasteiger partial charge in [0, 0.05) is 52.9 Å². The highest BCUT2D eigenvalue weighted by Gasteiger charge is 1.96. The molecule has 0 radical (unpaired) electrons. The monoisotopic (exact) mass is 512 g/mol. The maximum absolute atomic E-state index is 5.52. The zero-order valence-corrected chi connectivity index (χ0v) is 22.3. The summed E-state index contributed by atoms with van der Waals surface area (Å²) in [7, 11) is 0. The second kappa shape index (κ2) is 33.6. The van der Waals surface area contributed by atoms with Crippen molar-refractivity contribution in [3.8, 4) is 0 Å². The van der Waals surface area contributed by atoms with Crippen molar-refractivity contribution in [2.75, 3.05) is 132 Å². The van der Waals surface area contributed by atoms with Crippen molar-refractivity contribution in [2.45, 2.75) is 33.1 Å². The normalized spacial score (nSPS) is 11.5. The lowest BCUT2D eigenvalue weighted by molar-refractivity contribution is -0.00453. The van der Waals surface area contributed by atoms with Gasteiger partial charge in [0.2, 0.25) is 0 Å². The second-order valence-corrected chi connectivity index (χ2v) is 7.35. The Morgan fingerprint density at radius 2 is 0.400 bits per heavy atom. The Hall–Kier alpha value is -0.400. The Morgan fingerprint density at radius 3 is 0.600 bits per heavy atom. The third kappa shape index (κ3) is 33.6. The van der Waals surface area contributed by atoms with Crippen molar-refractivity contribution in [1.82, 2.24) is 0 Å². The first-order valence-corrected chi connectivity index (χ1v) is 13.2. The van der Waals surface area contributed by atoms with E-state index in [1.54, 1.807) is 0 Å². The Labute approximate surface area is 213 Å². The van der Waals surface area contributed by atoms with Gasteiger partial charge in [0.15, 0.2) is 0 Å². The molecule has 0 N–H and O–H groups in total. The van der Waals surface area contributed by atoms with Crippen LogP contribution in [-0.2, 0) is 47.4 Å². The van der Waals surface area contributed by atoms with E-state index in [-0.39, 0.29) is 0 Å². The molecule has 0 aromatic carbocycles. The highest BCUT2D eigenvalue weighted by atomic mass is 16.6. The van der Waals surface area contributed by atoms with Crippen molar-refractivity contribution in [3.05, 3.63) is 0 Å². The van der Waals surface area contributed by atoms with Crippen LogP contribution in [0.5, 0.6) is 0 Å². The molecule has 10 heteroatoms.